The van der Waals surface area contributed by atoms with E-state index in [1.807, 2.05) is 30.3 Å². The molecular weight excluding hydrogens is 387 g/mol. The van der Waals surface area contributed by atoms with Crippen molar-refractivity contribution in [2.45, 2.75) is 19.4 Å². The number of nitrogens with one attached hydrogen (secondary N) is 1. The van der Waals surface area contributed by atoms with E-state index in [1.165, 1.54) is 0 Å². The molecule has 1 fully saturated rings. The summed E-state index contributed by atoms with van der Waals surface area (Å²) in [6, 6.07) is 11.1. The molecule has 2 aromatic rings. The molecular formula is C20H20Cl2N2O3. The predicted molar refractivity (Wildman–Crippen MR) is 106 cm³/mol. The fraction of sp³-hybridized carbons (Fsp3) is 0.350. The molecule has 1 saturated heterocycles. The first-order chi connectivity index (χ1) is 13.1. The van der Waals surface area contributed by atoms with E-state index in [-0.39, 0.29) is 18.6 Å². The van der Waals surface area contributed by atoms with Gasteiger partial charge in [-0.25, -0.2) is 0 Å². The van der Waals surface area contributed by atoms with Crippen LogP contribution in [-0.2, 0) is 11.3 Å². The van der Waals surface area contributed by atoms with Crippen LogP contribution >= 0.6 is 23.2 Å². The summed E-state index contributed by atoms with van der Waals surface area (Å²) in [4.78, 5) is 15.0. The lowest BCUT2D eigenvalue weighted by Gasteiger charge is -2.32. The zero-order valence-electron chi connectivity index (χ0n) is 14.7. The van der Waals surface area contributed by atoms with E-state index in [0.29, 0.717) is 21.5 Å². The van der Waals surface area contributed by atoms with Gasteiger partial charge in [-0.05, 0) is 49.2 Å². The molecule has 0 saturated carbocycles. The Kier molecular flexibility index (Phi) is 5.43. The second-order valence-corrected chi connectivity index (χ2v) is 7.69. The third-order valence-corrected chi connectivity index (χ3v) is 5.65. The van der Waals surface area contributed by atoms with Crippen molar-refractivity contribution >= 4 is 34.8 Å². The minimum Gasteiger partial charge on any atom is -0.454 e. The lowest BCUT2D eigenvalue weighted by molar-refractivity contribution is -0.121. The number of carbonyl (C=O) groups is 1. The second kappa shape index (κ2) is 7.97. The molecule has 2 aliphatic rings. The number of benzene rings is 2. The first kappa shape index (κ1) is 18.4. The van der Waals surface area contributed by atoms with Crippen LogP contribution in [0.3, 0.4) is 0 Å². The summed E-state index contributed by atoms with van der Waals surface area (Å²) in [7, 11) is 0. The number of hydrogen-bond acceptors (Lipinski definition) is 4. The molecule has 1 N–H and O–H groups in total. The second-order valence-electron chi connectivity index (χ2n) is 6.88. The molecule has 2 aliphatic heterocycles. The van der Waals surface area contributed by atoms with Gasteiger partial charge >= 0.3 is 0 Å². The Morgan fingerprint density at radius 1 is 1.11 bits per heavy atom. The highest BCUT2D eigenvalue weighted by Crippen LogP contribution is 2.34. The van der Waals surface area contributed by atoms with Crippen molar-refractivity contribution < 1.29 is 14.3 Å². The number of likely N-dealkylation sites (tertiary alicyclic amines) is 1. The van der Waals surface area contributed by atoms with Crippen molar-refractivity contribution in [1.82, 2.24) is 4.90 Å². The minimum atomic E-state index is -0.0491. The number of halogens is 2. The van der Waals surface area contributed by atoms with E-state index >= 15 is 0 Å². The van der Waals surface area contributed by atoms with Gasteiger partial charge in [0.25, 0.3) is 0 Å². The normalized spacial score (nSPS) is 19.1. The van der Waals surface area contributed by atoms with Gasteiger partial charge in [0.2, 0.25) is 12.7 Å². The zero-order chi connectivity index (χ0) is 18.8. The molecule has 2 heterocycles. The van der Waals surface area contributed by atoms with Crippen LogP contribution in [0.15, 0.2) is 36.4 Å². The Bertz CT molecular complexity index is 859. The molecule has 7 heteroatoms. The van der Waals surface area contributed by atoms with Gasteiger partial charge in [0, 0.05) is 24.8 Å². The maximum atomic E-state index is 12.7. The van der Waals surface area contributed by atoms with E-state index in [0.717, 1.165) is 43.7 Å². The molecule has 27 heavy (non-hydrogen) atoms. The van der Waals surface area contributed by atoms with Crippen LogP contribution in [0.2, 0.25) is 10.0 Å². The topological polar surface area (TPSA) is 50.8 Å². The number of ether oxygens (including phenoxy) is 2. The quantitative estimate of drug-likeness (QED) is 0.807. The van der Waals surface area contributed by atoms with Gasteiger partial charge in [-0.15, -0.1) is 0 Å². The number of carbonyl (C=O) groups excluding carboxylic acids is 1. The van der Waals surface area contributed by atoms with Gasteiger partial charge in [-0.3, -0.25) is 9.69 Å². The van der Waals surface area contributed by atoms with Gasteiger partial charge in [0.15, 0.2) is 11.5 Å². The molecule has 0 bridgehead atoms. The van der Waals surface area contributed by atoms with Gasteiger partial charge < -0.3 is 14.8 Å². The van der Waals surface area contributed by atoms with E-state index in [2.05, 4.69) is 10.2 Å². The summed E-state index contributed by atoms with van der Waals surface area (Å²) in [6.45, 7) is 2.66. The molecule has 2 aromatic carbocycles. The van der Waals surface area contributed by atoms with Crippen LogP contribution in [0.1, 0.15) is 18.4 Å². The maximum Gasteiger partial charge on any atom is 0.231 e. The number of nitrogens with zero attached hydrogens (tertiary/aromatic N) is 1. The van der Waals surface area contributed by atoms with Gasteiger partial charge in [0.1, 0.15) is 0 Å². The Morgan fingerprint density at radius 2 is 1.96 bits per heavy atom. The molecule has 0 radical (unpaired) electrons. The highest BCUT2D eigenvalue weighted by Gasteiger charge is 2.26. The largest absolute Gasteiger partial charge is 0.454 e. The van der Waals surface area contributed by atoms with Crippen LogP contribution in [-0.4, -0.2) is 30.7 Å². The molecule has 142 valence electrons. The lowest BCUT2D eigenvalue weighted by atomic mass is 9.96. The predicted octanol–water partition coefficient (Wildman–Crippen LogP) is 4.57. The standard InChI is InChI=1S/C20H20Cl2N2O3/c21-16-5-3-13(8-17(16)22)10-24-7-1-2-14(11-24)20(25)23-15-4-6-18-19(9-15)27-12-26-18/h3-6,8-9,14H,1-2,7,10-12H2,(H,23,25). The van der Waals surface area contributed by atoms with Gasteiger partial charge in [-0.2, -0.15) is 0 Å². The number of anilines is 1. The fourth-order valence-electron chi connectivity index (χ4n) is 3.53. The number of piperidine rings is 1. The summed E-state index contributed by atoms with van der Waals surface area (Å²) in [5, 5.41) is 4.12. The van der Waals surface area contributed by atoms with Crippen LogP contribution < -0.4 is 14.8 Å². The van der Waals surface area contributed by atoms with E-state index < -0.39 is 0 Å². The highest BCUT2D eigenvalue weighted by atomic mass is 35.5. The smallest absolute Gasteiger partial charge is 0.231 e. The number of rotatable bonds is 4. The minimum absolute atomic E-state index is 0.0349. The summed E-state index contributed by atoms with van der Waals surface area (Å²) < 4.78 is 10.7. The van der Waals surface area contributed by atoms with Crippen LogP contribution in [0.5, 0.6) is 11.5 Å². The van der Waals surface area contributed by atoms with Gasteiger partial charge in [-0.1, -0.05) is 29.3 Å². The van der Waals surface area contributed by atoms with E-state index in [1.54, 1.807) is 6.07 Å². The van der Waals surface area contributed by atoms with Crippen molar-refractivity contribution in [2.24, 2.45) is 5.92 Å². The van der Waals surface area contributed by atoms with E-state index in [4.69, 9.17) is 32.7 Å². The molecule has 0 aliphatic carbocycles. The summed E-state index contributed by atoms with van der Waals surface area (Å²) in [5.41, 5.74) is 1.83. The number of amides is 1. The molecule has 4 rings (SSSR count). The van der Waals surface area contributed by atoms with Crippen molar-refractivity contribution in [3.63, 3.8) is 0 Å². The Hall–Kier alpha value is -1.95. The third kappa shape index (κ3) is 4.32. The lowest BCUT2D eigenvalue weighted by Crippen LogP contribution is -2.40. The maximum absolute atomic E-state index is 12.7. The monoisotopic (exact) mass is 406 g/mol. The Morgan fingerprint density at radius 3 is 2.81 bits per heavy atom. The molecule has 1 amide bonds. The SMILES string of the molecule is O=C(Nc1ccc2c(c1)OCO2)C1CCCN(Cc2ccc(Cl)c(Cl)c2)C1. The van der Waals surface area contributed by atoms with Crippen molar-refractivity contribution in [3.05, 3.63) is 52.0 Å². The number of hydrogen-bond donors (Lipinski definition) is 1. The Balaban J connectivity index is 1.37. The zero-order valence-corrected chi connectivity index (χ0v) is 16.2. The van der Waals surface area contributed by atoms with Crippen molar-refractivity contribution in [2.75, 3.05) is 25.2 Å². The molecule has 5 nitrogen and oxygen atoms in total. The van der Waals surface area contributed by atoms with Crippen LogP contribution in [0.4, 0.5) is 5.69 Å². The summed E-state index contributed by atoms with van der Waals surface area (Å²) in [5.74, 6) is 1.36. The molecule has 0 aromatic heterocycles. The first-order valence-electron chi connectivity index (χ1n) is 8.95. The van der Waals surface area contributed by atoms with Crippen molar-refractivity contribution in [1.29, 1.82) is 0 Å². The van der Waals surface area contributed by atoms with Gasteiger partial charge in [0.05, 0.1) is 16.0 Å². The van der Waals surface area contributed by atoms with E-state index in [9.17, 15) is 4.79 Å². The summed E-state index contributed by atoms with van der Waals surface area (Å²) >= 11 is 12.1. The number of fused-ring (bicyclic) bond motifs is 1. The summed E-state index contributed by atoms with van der Waals surface area (Å²) in [6.07, 6.45) is 1.87. The van der Waals surface area contributed by atoms with Crippen molar-refractivity contribution in [3.8, 4) is 11.5 Å². The molecule has 1 unspecified atom stereocenters. The molecule has 1 atom stereocenters. The average Bonchev–Trinajstić information content (AvgIpc) is 3.13. The highest BCUT2D eigenvalue weighted by molar-refractivity contribution is 6.42. The average molecular weight is 407 g/mol. The molecule has 0 spiro atoms. The third-order valence-electron chi connectivity index (χ3n) is 4.91. The first-order valence-corrected chi connectivity index (χ1v) is 9.71. The van der Waals surface area contributed by atoms with Crippen LogP contribution in [0.25, 0.3) is 0 Å². The Labute approximate surface area is 168 Å². The fourth-order valence-corrected chi connectivity index (χ4v) is 3.85. The van der Waals surface area contributed by atoms with Crippen LogP contribution in [0, 0.1) is 5.92 Å².